The van der Waals surface area contributed by atoms with Gasteiger partial charge in [0, 0.05) is 13.1 Å². The second-order valence-corrected chi connectivity index (χ2v) is 10.2. The predicted molar refractivity (Wildman–Crippen MR) is 101 cm³/mol. The molecule has 0 atom stereocenters. The van der Waals surface area contributed by atoms with E-state index in [1.54, 1.807) is 13.8 Å². The SMILES string of the molecule is CCN(CC)S(=O)(=O)c1ccc(S(=O)(=O)N2CC[NH+](CCC#N)CC2)cc1. The molecule has 1 heterocycles. The van der Waals surface area contributed by atoms with Gasteiger partial charge in [-0.3, -0.25) is 0 Å². The third-order valence-electron chi connectivity index (χ3n) is 4.82. The van der Waals surface area contributed by atoms with Crippen molar-refractivity contribution in [3.05, 3.63) is 24.3 Å². The molecule has 1 aliphatic heterocycles. The summed E-state index contributed by atoms with van der Waals surface area (Å²) in [5.41, 5.74) is 0. The Morgan fingerprint density at radius 2 is 1.56 bits per heavy atom. The van der Waals surface area contributed by atoms with Crippen molar-refractivity contribution >= 4 is 20.0 Å². The van der Waals surface area contributed by atoms with Crippen molar-refractivity contribution < 1.29 is 21.7 Å². The van der Waals surface area contributed by atoms with Crippen LogP contribution in [0, 0.1) is 11.3 Å². The first-order chi connectivity index (χ1) is 12.8. The molecule has 1 aromatic rings. The molecular formula is C17H27N4O4S2+. The fourth-order valence-corrected chi connectivity index (χ4v) is 6.07. The highest BCUT2D eigenvalue weighted by Gasteiger charge is 2.31. The van der Waals surface area contributed by atoms with Crippen LogP contribution in [0.5, 0.6) is 0 Å². The molecule has 1 N–H and O–H groups in total. The number of nitriles is 1. The van der Waals surface area contributed by atoms with Gasteiger partial charge in [-0.1, -0.05) is 13.8 Å². The number of nitrogens with zero attached hydrogens (tertiary/aromatic N) is 3. The molecule has 0 spiro atoms. The number of rotatable bonds is 8. The minimum absolute atomic E-state index is 0.0934. The highest BCUT2D eigenvalue weighted by atomic mass is 32.2. The average Bonchev–Trinajstić information content (AvgIpc) is 2.67. The lowest BCUT2D eigenvalue weighted by Gasteiger charge is -2.31. The zero-order chi connectivity index (χ0) is 20.1. The Kier molecular flexibility index (Phi) is 7.36. The molecule has 27 heavy (non-hydrogen) atoms. The molecule has 0 aromatic heterocycles. The van der Waals surface area contributed by atoms with E-state index < -0.39 is 20.0 Å². The summed E-state index contributed by atoms with van der Waals surface area (Å²) in [5, 5.41) is 8.66. The zero-order valence-corrected chi connectivity index (χ0v) is 17.4. The second-order valence-electron chi connectivity index (χ2n) is 6.37. The van der Waals surface area contributed by atoms with Crippen molar-refractivity contribution in [2.45, 2.75) is 30.1 Å². The Bertz CT molecular complexity index is 865. The Hall–Kier alpha value is -1.51. The van der Waals surface area contributed by atoms with E-state index in [0.717, 1.165) is 6.54 Å². The summed E-state index contributed by atoms with van der Waals surface area (Å²) < 4.78 is 53.4. The molecule has 10 heteroatoms. The molecule has 0 radical (unpaired) electrons. The third-order valence-corrected chi connectivity index (χ3v) is 8.80. The van der Waals surface area contributed by atoms with Crippen molar-refractivity contribution in [3.63, 3.8) is 0 Å². The molecule has 150 valence electrons. The van der Waals surface area contributed by atoms with Gasteiger partial charge in [0.2, 0.25) is 20.0 Å². The molecule has 1 saturated heterocycles. The monoisotopic (exact) mass is 415 g/mol. The quantitative estimate of drug-likeness (QED) is 0.618. The van der Waals surface area contributed by atoms with Gasteiger partial charge >= 0.3 is 0 Å². The van der Waals surface area contributed by atoms with Gasteiger partial charge in [-0.15, -0.1) is 0 Å². The lowest BCUT2D eigenvalue weighted by Crippen LogP contribution is -3.14. The maximum atomic E-state index is 12.8. The summed E-state index contributed by atoms with van der Waals surface area (Å²) in [6.07, 6.45) is 0.463. The Balaban J connectivity index is 2.13. The van der Waals surface area contributed by atoms with Crippen molar-refractivity contribution in [2.75, 3.05) is 45.8 Å². The van der Waals surface area contributed by atoms with Crippen LogP contribution in [0.25, 0.3) is 0 Å². The van der Waals surface area contributed by atoms with Crippen molar-refractivity contribution in [3.8, 4) is 6.07 Å². The maximum absolute atomic E-state index is 12.8. The van der Waals surface area contributed by atoms with Crippen LogP contribution in [0.3, 0.4) is 0 Å². The van der Waals surface area contributed by atoms with Crippen LogP contribution in [0.15, 0.2) is 34.1 Å². The van der Waals surface area contributed by atoms with Gasteiger partial charge in [0.25, 0.3) is 0 Å². The molecule has 0 amide bonds. The molecular weight excluding hydrogens is 388 g/mol. The highest BCUT2D eigenvalue weighted by molar-refractivity contribution is 7.89. The number of nitrogens with one attached hydrogen (secondary N) is 1. The Morgan fingerprint density at radius 1 is 1.04 bits per heavy atom. The number of quaternary nitrogens is 1. The number of hydrogen-bond acceptors (Lipinski definition) is 5. The molecule has 2 rings (SSSR count). The number of piperazine rings is 1. The fourth-order valence-electron chi connectivity index (χ4n) is 3.17. The van der Waals surface area contributed by atoms with Gasteiger partial charge in [-0.05, 0) is 24.3 Å². The average molecular weight is 416 g/mol. The zero-order valence-electron chi connectivity index (χ0n) is 15.8. The maximum Gasteiger partial charge on any atom is 0.243 e. The van der Waals surface area contributed by atoms with E-state index in [0.29, 0.717) is 45.7 Å². The minimum Gasteiger partial charge on any atom is -0.332 e. The van der Waals surface area contributed by atoms with E-state index in [1.807, 2.05) is 0 Å². The van der Waals surface area contributed by atoms with Crippen LogP contribution >= 0.6 is 0 Å². The van der Waals surface area contributed by atoms with Crippen LogP contribution in [0.1, 0.15) is 20.3 Å². The van der Waals surface area contributed by atoms with E-state index in [9.17, 15) is 16.8 Å². The van der Waals surface area contributed by atoms with E-state index >= 15 is 0 Å². The molecule has 0 aliphatic carbocycles. The van der Waals surface area contributed by atoms with Crippen molar-refractivity contribution in [1.82, 2.24) is 8.61 Å². The normalized spacial score (nSPS) is 17.1. The van der Waals surface area contributed by atoms with Crippen LogP contribution < -0.4 is 4.90 Å². The van der Waals surface area contributed by atoms with Crippen LogP contribution in [-0.4, -0.2) is 71.3 Å². The Labute approximate surface area is 162 Å². The predicted octanol–water partition coefficient (Wildman–Crippen LogP) is -0.480. The fraction of sp³-hybridized carbons (Fsp3) is 0.588. The lowest BCUT2D eigenvalue weighted by molar-refractivity contribution is -0.903. The molecule has 0 saturated carbocycles. The third kappa shape index (κ3) is 4.86. The van der Waals surface area contributed by atoms with Gasteiger partial charge in [0.1, 0.15) is 0 Å². The van der Waals surface area contributed by atoms with Gasteiger partial charge in [0.05, 0.1) is 55.0 Å². The second kappa shape index (κ2) is 9.12. The van der Waals surface area contributed by atoms with E-state index in [4.69, 9.17) is 5.26 Å². The summed E-state index contributed by atoms with van der Waals surface area (Å²) in [4.78, 5) is 1.42. The van der Waals surface area contributed by atoms with Crippen molar-refractivity contribution in [2.24, 2.45) is 0 Å². The first-order valence-corrected chi connectivity index (χ1v) is 12.0. The van der Waals surface area contributed by atoms with Crippen LogP contribution in [0.4, 0.5) is 0 Å². The summed E-state index contributed by atoms with van der Waals surface area (Å²) in [5.74, 6) is 0. The van der Waals surface area contributed by atoms with E-state index in [2.05, 4.69) is 6.07 Å². The summed E-state index contributed by atoms with van der Waals surface area (Å²) in [7, 11) is -7.26. The Morgan fingerprint density at radius 3 is 2.04 bits per heavy atom. The van der Waals surface area contributed by atoms with Gasteiger partial charge < -0.3 is 4.90 Å². The van der Waals surface area contributed by atoms with E-state index in [1.165, 1.54) is 37.8 Å². The van der Waals surface area contributed by atoms with Gasteiger partial charge in [0.15, 0.2) is 0 Å². The topological polar surface area (TPSA) is 103 Å². The first kappa shape index (κ1) is 21.8. The summed E-state index contributed by atoms with van der Waals surface area (Å²) >= 11 is 0. The van der Waals surface area contributed by atoms with Crippen LogP contribution in [0.2, 0.25) is 0 Å². The molecule has 1 aromatic carbocycles. The summed E-state index contributed by atoms with van der Waals surface area (Å²) in [6, 6.07) is 7.55. The number of hydrogen-bond donors (Lipinski definition) is 1. The highest BCUT2D eigenvalue weighted by Crippen LogP contribution is 2.20. The van der Waals surface area contributed by atoms with Gasteiger partial charge in [-0.2, -0.15) is 13.9 Å². The van der Waals surface area contributed by atoms with E-state index in [-0.39, 0.29) is 9.79 Å². The molecule has 1 aliphatic rings. The van der Waals surface area contributed by atoms with Crippen molar-refractivity contribution in [1.29, 1.82) is 5.26 Å². The van der Waals surface area contributed by atoms with Crippen LogP contribution in [-0.2, 0) is 20.0 Å². The molecule has 8 nitrogen and oxygen atoms in total. The van der Waals surface area contributed by atoms with Gasteiger partial charge in [-0.25, -0.2) is 16.8 Å². The number of benzene rings is 1. The number of sulfonamides is 2. The first-order valence-electron chi connectivity index (χ1n) is 9.08. The standard InChI is InChI=1S/C17H26N4O4S2/c1-3-20(4-2)26(22,23)16-6-8-17(9-7-16)27(24,25)21-14-12-19(13-15-21)11-5-10-18/h6-9H,3-5,11-15H2,1-2H3/p+1. The summed E-state index contributed by atoms with van der Waals surface area (Å²) in [6.45, 7) is 7.07. The lowest BCUT2D eigenvalue weighted by atomic mass is 10.3. The molecule has 0 unspecified atom stereocenters. The largest absolute Gasteiger partial charge is 0.332 e. The molecule has 0 bridgehead atoms. The molecule has 1 fully saturated rings. The smallest absolute Gasteiger partial charge is 0.243 e. The minimum atomic E-state index is -3.65.